The van der Waals surface area contributed by atoms with Crippen LogP contribution in [0.5, 0.6) is 5.75 Å². The minimum atomic E-state index is -1.45. The molecule has 1 aromatic carbocycles. The van der Waals surface area contributed by atoms with E-state index in [2.05, 4.69) is 0 Å². The van der Waals surface area contributed by atoms with Gasteiger partial charge in [0.15, 0.2) is 6.10 Å². The van der Waals surface area contributed by atoms with Crippen LogP contribution in [-0.2, 0) is 11.2 Å². The van der Waals surface area contributed by atoms with E-state index in [0.717, 1.165) is 0 Å². The Labute approximate surface area is 92.1 Å². The first-order valence-electron chi connectivity index (χ1n) is 4.28. The summed E-state index contributed by atoms with van der Waals surface area (Å²) in [5.41, 5.74) is 0.569. The van der Waals surface area contributed by atoms with E-state index in [1.165, 1.54) is 7.11 Å². The van der Waals surface area contributed by atoms with E-state index >= 15 is 0 Å². The number of benzene rings is 1. The number of carboxylic acid groups (broad SMARTS) is 1. The number of halogens is 1. The molecule has 1 aromatic rings. The smallest absolute Gasteiger partial charge is 0.332 e. The van der Waals surface area contributed by atoms with E-state index < -0.39 is 12.1 Å². The maximum atomic E-state index is 10.5. The Morgan fingerprint density at radius 2 is 2.27 bits per heavy atom. The fourth-order valence-corrected chi connectivity index (χ4v) is 1.51. The lowest BCUT2D eigenvalue weighted by Crippen LogP contribution is -2.22. The minimum absolute atomic E-state index is 0.0287. The monoisotopic (exact) mass is 230 g/mol. The first-order valence-corrected chi connectivity index (χ1v) is 4.66. The van der Waals surface area contributed by atoms with Crippen molar-refractivity contribution in [2.24, 2.45) is 0 Å². The van der Waals surface area contributed by atoms with Crippen LogP contribution < -0.4 is 4.74 Å². The number of aliphatic carboxylic acids is 1. The number of carboxylic acids is 1. The van der Waals surface area contributed by atoms with E-state index in [0.29, 0.717) is 16.3 Å². The number of hydrogen-bond donors (Lipinski definition) is 2. The molecule has 0 aliphatic carbocycles. The maximum Gasteiger partial charge on any atom is 0.332 e. The van der Waals surface area contributed by atoms with E-state index in [-0.39, 0.29) is 6.42 Å². The first-order chi connectivity index (χ1) is 7.06. The molecule has 1 atom stereocenters. The summed E-state index contributed by atoms with van der Waals surface area (Å²) in [4.78, 5) is 10.5. The predicted molar refractivity (Wildman–Crippen MR) is 55.4 cm³/mol. The lowest BCUT2D eigenvalue weighted by molar-refractivity contribution is -0.146. The second kappa shape index (κ2) is 5.00. The van der Waals surface area contributed by atoms with Crippen LogP contribution in [0.2, 0.25) is 5.02 Å². The Hall–Kier alpha value is -1.26. The highest BCUT2D eigenvalue weighted by Crippen LogP contribution is 2.29. The number of carbonyl (C=O) groups is 1. The van der Waals surface area contributed by atoms with E-state index in [9.17, 15) is 9.90 Å². The van der Waals surface area contributed by atoms with Crippen LogP contribution in [0.3, 0.4) is 0 Å². The molecular formula is C10H11ClO4. The number of para-hydroxylation sites is 1. The first kappa shape index (κ1) is 11.8. The molecule has 0 aliphatic rings. The highest BCUT2D eigenvalue weighted by molar-refractivity contribution is 6.32. The van der Waals surface area contributed by atoms with Crippen molar-refractivity contribution in [3.63, 3.8) is 0 Å². The van der Waals surface area contributed by atoms with Crippen LogP contribution in [0.4, 0.5) is 0 Å². The summed E-state index contributed by atoms with van der Waals surface area (Å²) in [6, 6.07) is 4.97. The molecule has 15 heavy (non-hydrogen) atoms. The number of aliphatic hydroxyl groups excluding tert-OH is 1. The van der Waals surface area contributed by atoms with Crippen molar-refractivity contribution in [3.05, 3.63) is 28.8 Å². The van der Waals surface area contributed by atoms with Crippen molar-refractivity contribution in [3.8, 4) is 5.75 Å². The Morgan fingerprint density at radius 1 is 1.60 bits per heavy atom. The Bertz CT molecular complexity index is 364. The molecule has 1 rings (SSSR count). The normalized spacial score (nSPS) is 12.2. The maximum absolute atomic E-state index is 10.5. The Kier molecular flexibility index (Phi) is 3.94. The molecule has 0 spiro atoms. The van der Waals surface area contributed by atoms with Gasteiger partial charge < -0.3 is 14.9 Å². The predicted octanol–water partition coefficient (Wildman–Crippen LogP) is 1.34. The molecule has 82 valence electrons. The standard InChI is InChI=1S/C10H11ClO4/c1-15-9-6(3-2-4-7(9)11)5-8(12)10(13)14/h2-4,8,12H,5H2,1H3,(H,13,14). The number of hydrogen-bond acceptors (Lipinski definition) is 3. The second-order valence-electron chi connectivity index (χ2n) is 2.99. The van der Waals surface area contributed by atoms with E-state index in [4.69, 9.17) is 21.4 Å². The van der Waals surface area contributed by atoms with Crippen molar-refractivity contribution < 1.29 is 19.7 Å². The summed E-state index contributed by atoms with van der Waals surface area (Å²) >= 11 is 5.84. The number of rotatable bonds is 4. The van der Waals surface area contributed by atoms with Gasteiger partial charge in [0.2, 0.25) is 0 Å². The molecule has 0 aromatic heterocycles. The molecule has 2 N–H and O–H groups in total. The molecule has 0 saturated heterocycles. The summed E-state index contributed by atoms with van der Waals surface area (Å²) in [5.74, 6) is -0.864. The molecule has 0 aliphatic heterocycles. The second-order valence-corrected chi connectivity index (χ2v) is 3.40. The fraction of sp³-hybridized carbons (Fsp3) is 0.300. The van der Waals surface area contributed by atoms with Crippen molar-refractivity contribution in [2.45, 2.75) is 12.5 Å². The van der Waals surface area contributed by atoms with Gasteiger partial charge in [-0.15, -0.1) is 0 Å². The van der Waals surface area contributed by atoms with Crippen molar-refractivity contribution in [1.82, 2.24) is 0 Å². The van der Waals surface area contributed by atoms with Crippen LogP contribution in [0.15, 0.2) is 18.2 Å². The molecule has 0 saturated carbocycles. The zero-order chi connectivity index (χ0) is 11.4. The minimum Gasteiger partial charge on any atom is -0.495 e. The van der Waals surface area contributed by atoms with Crippen LogP contribution >= 0.6 is 11.6 Å². The van der Waals surface area contributed by atoms with Crippen molar-refractivity contribution in [1.29, 1.82) is 0 Å². The molecule has 0 heterocycles. The fourth-order valence-electron chi connectivity index (χ4n) is 1.24. The third-order valence-corrected chi connectivity index (χ3v) is 2.25. The van der Waals surface area contributed by atoms with Gasteiger partial charge in [0, 0.05) is 6.42 Å². The van der Waals surface area contributed by atoms with Gasteiger partial charge in [0.05, 0.1) is 12.1 Å². The third-order valence-electron chi connectivity index (χ3n) is 1.95. The highest BCUT2D eigenvalue weighted by atomic mass is 35.5. The van der Waals surface area contributed by atoms with Gasteiger partial charge in [-0.05, 0) is 11.6 Å². The van der Waals surface area contributed by atoms with Gasteiger partial charge in [-0.25, -0.2) is 4.79 Å². The lowest BCUT2D eigenvalue weighted by Gasteiger charge is -2.11. The van der Waals surface area contributed by atoms with Crippen molar-refractivity contribution in [2.75, 3.05) is 7.11 Å². The van der Waals surface area contributed by atoms with Gasteiger partial charge >= 0.3 is 5.97 Å². The highest BCUT2D eigenvalue weighted by Gasteiger charge is 2.17. The Balaban J connectivity index is 2.94. The van der Waals surface area contributed by atoms with Crippen molar-refractivity contribution >= 4 is 17.6 Å². The molecule has 0 radical (unpaired) electrons. The molecule has 0 fully saturated rings. The molecule has 5 heteroatoms. The van der Waals surface area contributed by atoms with Gasteiger partial charge in [-0.2, -0.15) is 0 Å². The van der Waals surface area contributed by atoms with Crippen LogP contribution in [0.1, 0.15) is 5.56 Å². The summed E-state index contributed by atoms with van der Waals surface area (Å²) < 4.78 is 5.02. The molecular weight excluding hydrogens is 220 g/mol. The zero-order valence-corrected chi connectivity index (χ0v) is 8.86. The summed E-state index contributed by atoms with van der Waals surface area (Å²) in [7, 11) is 1.44. The number of methoxy groups -OCH3 is 1. The SMILES string of the molecule is COc1c(Cl)cccc1CC(O)C(=O)O. The topological polar surface area (TPSA) is 66.8 Å². The number of aliphatic hydroxyl groups is 1. The van der Waals surface area contributed by atoms with Crippen LogP contribution in [0, 0.1) is 0 Å². The lowest BCUT2D eigenvalue weighted by atomic mass is 10.1. The zero-order valence-electron chi connectivity index (χ0n) is 8.11. The summed E-state index contributed by atoms with van der Waals surface area (Å²) in [6.07, 6.45) is -1.48. The van der Waals surface area contributed by atoms with Gasteiger partial charge in [0.1, 0.15) is 5.75 Å². The third kappa shape index (κ3) is 2.84. The van der Waals surface area contributed by atoms with E-state index in [1.807, 2.05) is 0 Å². The molecule has 1 unspecified atom stereocenters. The quantitative estimate of drug-likeness (QED) is 0.819. The van der Waals surface area contributed by atoms with E-state index in [1.54, 1.807) is 18.2 Å². The summed E-state index contributed by atoms with van der Waals surface area (Å²) in [6.45, 7) is 0. The van der Waals surface area contributed by atoms with Crippen LogP contribution in [-0.4, -0.2) is 29.4 Å². The molecule has 0 amide bonds. The van der Waals surface area contributed by atoms with Crippen LogP contribution in [0.25, 0.3) is 0 Å². The van der Waals surface area contributed by atoms with Gasteiger partial charge in [0.25, 0.3) is 0 Å². The van der Waals surface area contributed by atoms with Gasteiger partial charge in [-0.3, -0.25) is 0 Å². The molecule has 0 bridgehead atoms. The summed E-state index contributed by atoms with van der Waals surface area (Å²) in [5, 5.41) is 18.1. The Morgan fingerprint density at radius 3 is 2.80 bits per heavy atom. The largest absolute Gasteiger partial charge is 0.495 e. The van der Waals surface area contributed by atoms with Gasteiger partial charge in [-0.1, -0.05) is 23.7 Å². The molecule has 4 nitrogen and oxygen atoms in total. The number of ether oxygens (including phenoxy) is 1. The average Bonchev–Trinajstić information content (AvgIpc) is 2.18. The average molecular weight is 231 g/mol.